The minimum Gasteiger partial charge on any atom is -0.357 e. The van der Waals surface area contributed by atoms with Gasteiger partial charge in [0, 0.05) is 25.8 Å². The molecule has 0 aliphatic rings. The van der Waals surface area contributed by atoms with Crippen molar-refractivity contribution < 1.29 is 9.59 Å². The fraction of sp³-hybridized carbons (Fsp3) is 0.333. The highest BCUT2D eigenvalue weighted by Crippen LogP contribution is 2.20. The Morgan fingerprint density at radius 2 is 1.24 bits per heavy atom. The van der Waals surface area contributed by atoms with Crippen LogP contribution in [-0.2, 0) is 22.7 Å². The number of hydrogen-bond acceptors (Lipinski definition) is 5. The van der Waals surface area contributed by atoms with Crippen LogP contribution in [0.5, 0.6) is 0 Å². The normalized spacial score (nSPS) is 12.5. The number of benzene rings is 3. The highest BCUT2D eigenvalue weighted by molar-refractivity contribution is 5.94. The second kappa shape index (κ2) is 15.3. The van der Waals surface area contributed by atoms with Gasteiger partial charge in [-0.05, 0) is 36.1 Å². The van der Waals surface area contributed by atoms with Crippen LogP contribution < -0.4 is 10.6 Å². The van der Waals surface area contributed by atoms with Crippen molar-refractivity contribution >= 4 is 17.5 Å². The van der Waals surface area contributed by atoms with Crippen molar-refractivity contribution in [1.29, 1.82) is 0 Å². The molecule has 3 rings (SSSR count). The molecular weight excluding hydrogens is 464 g/mol. The smallest absolute Gasteiger partial charge is 0.248 e. The second-order valence-corrected chi connectivity index (χ2v) is 9.12. The summed E-state index contributed by atoms with van der Waals surface area (Å²) in [7, 11) is 1.50. The van der Waals surface area contributed by atoms with Gasteiger partial charge in [0.2, 0.25) is 11.8 Å². The van der Waals surface area contributed by atoms with E-state index in [9.17, 15) is 14.5 Å². The van der Waals surface area contributed by atoms with Crippen molar-refractivity contribution in [2.45, 2.75) is 57.3 Å². The quantitative estimate of drug-likeness (QED) is 0.212. The van der Waals surface area contributed by atoms with E-state index in [4.69, 9.17) is 0 Å². The lowest BCUT2D eigenvalue weighted by atomic mass is 10.0. The van der Waals surface area contributed by atoms with Gasteiger partial charge in [-0.25, -0.2) is 0 Å². The molecule has 2 N–H and O–H groups in total. The van der Waals surface area contributed by atoms with Gasteiger partial charge in [-0.2, -0.15) is 0 Å². The van der Waals surface area contributed by atoms with Gasteiger partial charge >= 0.3 is 0 Å². The van der Waals surface area contributed by atoms with E-state index in [0.717, 1.165) is 29.7 Å². The predicted molar refractivity (Wildman–Crippen MR) is 148 cm³/mol. The summed E-state index contributed by atoms with van der Waals surface area (Å²) < 4.78 is 0. The first-order valence-electron chi connectivity index (χ1n) is 12.8. The summed E-state index contributed by atoms with van der Waals surface area (Å²) in [5.41, 5.74) is 3.05. The number of hydrogen-bond donors (Lipinski definition) is 2. The van der Waals surface area contributed by atoms with Crippen molar-refractivity contribution in [2.24, 2.45) is 5.18 Å². The monoisotopic (exact) mass is 500 g/mol. The summed E-state index contributed by atoms with van der Waals surface area (Å²) in [5, 5.41) is 8.53. The van der Waals surface area contributed by atoms with E-state index >= 15 is 0 Å². The summed E-state index contributed by atoms with van der Waals surface area (Å²) in [6.07, 6.45) is 3.32. The maximum atomic E-state index is 13.6. The molecule has 0 bridgehead atoms. The Balaban J connectivity index is 1.75. The van der Waals surface area contributed by atoms with Gasteiger partial charge in [-0.15, -0.1) is 4.91 Å². The molecule has 0 heterocycles. The molecule has 0 aliphatic carbocycles. The topological polar surface area (TPSA) is 90.9 Å². The van der Waals surface area contributed by atoms with Crippen LogP contribution in [-0.4, -0.2) is 35.8 Å². The molecule has 0 fully saturated rings. The maximum Gasteiger partial charge on any atom is 0.248 e. The number of likely N-dealkylation sites (N-methyl/N-ethyl adjacent to an activating group) is 1. The number of amides is 2. The fourth-order valence-corrected chi connectivity index (χ4v) is 4.39. The lowest BCUT2D eigenvalue weighted by Gasteiger charge is -2.31. The number of nitrogens with zero attached hydrogens (tertiary/aromatic N) is 2. The lowest BCUT2D eigenvalue weighted by molar-refractivity contribution is -0.122. The predicted octanol–water partition coefficient (Wildman–Crippen LogP) is 5.53. The molecule has 3 aromatic rings. The van der Waals surface area contributed by atoms with Gasteiger partial charge in [0.1, 0.15) is 0 Å². The third-order valence-electron chi connectivity index (χ3n) is 6.37. The first-order valence-corrected chi connectivity index (χ1v) is 12.8. The van der Waals surface area contributed by atoms with Crippen molar-refractivity contribution in [3.8, 4) is 0 Å². The molecule has 1 unspecified atom stereocenters. The number of nitroso groups, excluding NO2 is 1. The Hall–Kier alpha value is -3.84. The molecule has 0 radical (unpaired) electrons. The molecule has 37 heavy (non-hydrogen) atoms. The SMILES string of the molecule is CNC(=O)C(CCCCC[C@@H](C(=O)Nc1ccccc1)N(Cc1ccccc1)Cc1ccccc1)N=O. The van der Waals surface area contributed by atoms with Crippen molar-refractivity contribution in [3.05, 3.63) is 107 Å². The van der Waals surface area contributed by atoms with E-state index in [1.807, 2.05) is 66.7 Å². The molecule has 2 amide bonds. The van der Waals surface area contributed by atoms with Crippen LogP contribution in [0.15, 0.2) is 96.2 Å². The second-order valence-electron chi connectivity index (χ2n) is 9.12. The third-order valence-corrected chi connectivity index (χ3v) is 6.37. The largest absolute Gasteiger partial charge is 0.357 e. The van der Waals surface area contributed by atoms with Gasteiger partial charge in [0.15, 0.2) is 6.04 Å². The van der Waals surface area contributed by atoms with Crippen LogP contribution in [0.1, 0.15) is 43.2 Å². The maximum absolute atomic E-state index is 13.6. The molecule has 2 atom stereocenters. The minimum absolute atomic E-state index is 0.0455. The van der Waals surface area contributed by atoms with Gasteiger partial charge in [-0.1, -0.05) is 103 Å². The van der Waals surface area contributed by atoms with Crippen LogP contribution in [0.3, 0.4) is 0 Å². The van der Waals surface area contributed by atoms with Gasteiger partial charge in [0.05, 0.1) is 6.04 Å². The Kier molecular flexibility index (Phi) is 11.5. The van der Waals surface area contributed by atoms with Crippen LogP contribution in [0.2, 0.25) is 0 Å². The van der Waals surface area contributed by atoms with E-state index in [-0.39, 0.29) is 17.9 Å². The number of unbranched alkanes of at least 4 members (excludes halogenated alkanes) is 2. The number of carbonyl (C=O) groups is 2. The molecule has 0 saturated carbocycles. The lowest BCUT2D eigenvalue weighted by Crippen LogP contribution is -2.43. The first kappa shape index (κ1) is 27.7. The summed E-state index contributed by atoms with van der Waals surface area (Å²) in [6.45, 7) is 1.27. The summed E-state index contributed by atoms with van der Waals surface area (Å²) in [6, 6.07) is 28.6. The van der Waals surface area contributed by atoms with Crippen LogP contribution in [0.25, 0.3) is 0 Å². The van der Waals surface area contributed by atoms with E-state index in [2.05, 4.69) is 45.0 Å². The van der Waals surface area contributed by atoms with Crippen LogP contribution in [0, 0.1) is 4.91 Å². The number of carbonyl (C=O) groups excluding carboxylic acids is 2. The Bertz CT molecular complexity index is 1050. The Morgan fingerprint density at radius 1 is 0.730 bits per heavy atom. The third kappa shape index (κ3) is 9.28. The fourth-order valence-electron chi connectivity index (χ4n) is 4.39. The average Bonchev–Trinajstić information content (AvgIpc) is 2.93. The highest BCUT2D eigenvalue weighted by atomic mass is 16.3. The Labute approximate surface area is 219 Å². The van der Waals surface area contributed by atoms with Crippen LogP contribution >= 0.6 is 0 Å². The molecule has 7 nitrogen and oxygen atoms in total. The summed E-state index contributed by atoms with van der Waals surface area (Å²) >= 11 is 0. The molecule has 0 aromatic heterocycles. The van der Waals surface area contributed by atoms with Crippen molar-refractivity contribution in [2.75, 3.05) is 12.4 Å². The zero-order valence-corrected chi connectivity index (χ0v) is 21.4. The molecule has 194 valence electrons. The molecule has 7 heteroatoms. The van der Waals surface area contributed by atoms with Gasteiger partial charge < -0.3 is 10.6 Å². The van der Waals surface area contributed by atoms with Crippen LogP contribution in [0.4, 0.5) is 5.69 Å². The van der Waals surface area contributed by atoms with Crippen molar-refractivity contribution in [1.82, 2.24) is 10.2 Å². The highest BCUT2D eigenvalue weighted by Gasteiger charge is 2.26. The molecule has 0 saturated heterocycles. The average molecular weight is 501 g/mol. The number of anilines is 1. The number of nitrogens with one attached hydrogen (secondary N) is 2. The number of rotatable bonds is 15. The van der Waals surface area contributed by atoms with Gasteiger partial charge in [0.25, 0.3) is 0 Å². The zero-order valence-electron chi connectivity index (χ0n) is 21.4. The molecule has 3 aromatic carbocycles. The number of para-hydroxylation sites is 1. The summed E-state index contributed by atoms with van der Waals surface area (Å²) in [4.78, 5) is 38.6. The Morgan fingerprint density at radius 3 is 1.76 bits per heavy atom. The van der Waals surface area contributed by atoms with Gasteiger partial charge in [-0.3, -0.25) is 14.5 Å². The minimum atomic E-state index is -0.866. The molecule has 0 aliphatic heterocycles. The first-order chi connectivity index (χ1) is 18.1. The van der Waals surface area contributed by atoms with E-state index in [1.165, 1.54) is 7.05 Å². The van der Waals surface area contributed by atoms with E-state index < -0.39 is 6.04 Å². The summed E-state index contributed by atoms with van der Waals surface area (Å²) in [5.74, 6) is -0.400. The molecular formula is C30H36N4O3. The van der Waals surface area contributed by atoms with E-state index in [1.54, 1.807) is 0 Å². The van der Waals surface area contributed by atoms with E-state index in [0.29, 0.717) is 32.4 Å². The zero-order chi connectivity index (χ0) is 26.3. The molecule has 0 spiro atoms. The van der Waals surface area contributed by atoms with Crippen molar-refractivity contribution in [3.63, 3.8) is 0 Å². The standard InChI is InChI=1S/C30H36N4O3/c1-31-29(35)27(33-37)20-12-5-13-21-28(30(36)32-26-18-10-4-11-19-26)34(22-24-14-6-2-7-15-24)23-25-16-8-3-9-17-25/h2-4,6-11,14-19,27-28H,5,12-13,20-23H2,1H3,(H,31,35)(H,32,36)/t27?,28-/m0/s1.